The Bertz CT molecular complexity index is 348. The van der Waals surface area contributed by atoms with Crippen LogP contribution in [0.2, 0.25) is 0 Å². The summed E-state index contributed by atoms with van der Waals surface area (Å²) in [5.41, 5.74) is 1.17. The highest BCUT2D eigenvalue weighted by atomic mass is 16.9. The maximum absolute atomic E-state index is 10.7. The molecule has 1 heterocycles. The van der Waals surface area contributed by atoms with Gasteiger partial charge in [0.05, 0.1) is 6.04 Å². The molecule has 14 heavy (non-hydrogen) atoms. The van der Waals surface area contributed by atoms with Gasteiger partial charge in [0.1, 0.15) is 0 Å². The second kappa shape index (κ2) is 3.54. The SMILES string of the molecule is C=CC(Cc1ccccc1)N1OC1=O. The average molecular weight is 189 g/mol. The summed E-state index contributed by atoms with van der Waals surface area (Å²) in [6, 6.07) is 9.89. The summed E-state index contributed by atoms with van der Waals surface area (Å²) < 4.78 is 0. The van der Waals surface area contributed by atoms with Gasteiger partial charge in [-0.1, -0.05) is 36.4 Å². The molecular weight excluding hydrogens is 178 g/mol. The normalized spacial score (nSPS) is 16.0. The van der Waals surface area contributed by atoms with Crippen molar-refractivity contribution in [2.45, 2.75) is 12.5 Å². The minimum Gasteiger partial charge on any atom is -0.313 e. The second-order valence-corrected chi connectivity index (χ2v) is 3.18. The van der Waals surface area contributed by atoms with Crippen molar-refractivity contribution in [2.24, 2.45) is 0 Å². The highest BCUT2D eigenvalue weighted by Crippen LogP contribution is 2.20. The second-order valence-electron chi connectivity index (χ2n) is 3.18. The van der Waals surface area contributed by atoms with Crippen molar-refractivity contribution in [1.29, 1.82) is 0 Å². The van der Waals surface area contributed by atoms with Crippen molar-refractivity contribution < 1.29 is 9.63 Å². The van der Waals surface area contributed by atoms with Crippen LogP contribution >= 0.6 is 0 Å². The van der Waals surface area contributed by atoms with E-state index in [2.05, 4.69) is 11.4 Å². The first kappa shape index (κ1) is 8.81. The molecule has 1 aliphatic rings. The van der Waals surface area contributed by atoms with Gasteiger partial charge in [-0.05, 0) is 5.56 Å². The molecule has 0 spiro atoms. The van der Waals surface area contributed by atoms with Crippen LogP contribution in [0.15, 0.2) is 43.0 Å². The number of hydrogen-bond donors (Lipinski definition) is 0. The van der Waals surface area contributed by atoms with E-state index in [0.29, 0.717) is 0 Å². The molecule has 3 nitrogen and oxygen atoms in total. The van der Waals surface area contributed by atoms with E-state index in [1.807, 2.05) is 30.3 Å². The molecule has 72 valence electrons. The number of amides is 1. The molecule has 1 aliphatic heterocycles. The summed E-state index contributed by atoms with van der Waals surface area (Å²) in [7, 11) is 0. The van der Waals surface area contributed by atoms with Crippen LogP contribution < -0.4 is 0 Å². The molecular formula is C11H11NO2. The zero-order valence-electron chi connectivity index (χ0n) is 7.72. The zero-order chi connectivity index (χ0) is 9.97. The molecule has 1 atom stereocenters. The molecule has 1 saturated heterocycles. The van der Waals surface area contributed by atoms with E-state index < -0.39 is 0 Å². The van der Waals surface area contributed by atoms with E-state index in [4.69, 9.17) is 0 Å². The van der Waals surface area contributed by atoms with Crippen molar-refractivity contribution in [3.8, 4) is 0 Å². The summed E-state index contributed by atoms with van der Waals surface area (Å²) in [6.07, 6.45) is 2.19. The standard InChI is InChI=1S/C11H11NO2/c1-2-10(12-11(13)14-12)8-9-6-4-3-5-7-9/h2-7,10H,1,8H2. The first-order valence-corrected chi connectivity index (χ1v) is 4.49. The highest BCUT2D eigenvalue weighted by molar-refractivity contribution is 5.77. The highest BCUT2D eigenvalue weighted by Gasteiger charge is 2.39. The summed E-state index contributed by atoms with van der Waals surface area (Å²) in [5.74, 6) is 0. The van der Waals surface area contributed by atoms with Crippen LogP contribution in [0.1, 0.15) is 5.56 Å². The van der Waals surface area contributed by atoms with Crippen molar-refractivity contribution in [1.82, 2.24) is 5.06 Å². The first-order valence-electron chi connectivity index (χ1n) is 4.49. The lowest BCUT2D eigenvalue weighted by Crippen LogP contribution is -2.18. The van der Waals surface area contributed by atoms with Gasteiger partial charge in [-0.25, -0.2) is 4.79 Å². The van der Waals surface area contributed by atoms with Gasteiger partial charge in [-0.2, -0.15) is 0 Å². The average Bonchev–Trinajstić information content (AvgIpc) is 2.93. The fourth-order valence-corrected chi connectivity index (χ4v) is 1.38. The Labute approximate surface area is 82.5 Å². The molecule has 3 heteroatoms. The van der Waals surface area contributed by atoms with Crippen molar-refractivity contribution in [3.05, 3.63) is 48.6 Å². The largest absolute Gasteiger partial charge is 0.468 e. The number of nitrogens with zero attached hydrogens (tertiary/aromatic N) is 1. The fraction of sp³-hybridized carbons (Fsp3) is 0.182. The predicted molar refractivity (Wildman–Crippen MR) is 52.5 cm³/mol. The molecule has 0 aliphatic carbocycles. The minimum absolute atomic E-state index is 0.0510. The maximum atomic E-state index is 10.7. The Morgan fingerprint density at radius 1 is 1.43 bits per heavy atom. The molecule has 2 rings (SSSR count). The van der Waals surface area contributed by atoms with Crippen LogP contribution in [0, 0.1) is 0 Å². The molecule has 0 radical (unpaired) electrons. The molecule has 0 aromatic heterocycles. The summed E-state index contributed by atoms with van der Waals surface area (Å²) in [6.45, 7) is 3.68. The number of rotatable bonds is 4. The number of hydrogen-bond acceptors (Lipinski definition) is 2. The van der Waals surface area contributed by atoms with E-state index in [1.54, 1.807) is 6.08 Å². The topological polar surface area (TPSA) is 32.6 Å². The van der Waals surface area contributed by atoms with Gasteiger partial charge in [-0.15, -0.1) is 11.6 Å². The molecule has 1 aromatic carbocycles. The third-order valence-corrected chi connectivity index (χ3v) is 2.18. The number of carbonyl (C=O) groups excluding carboxylic acids is 1. The zero-order valence-corrected chi connectivity index (χ0v) is 7.72. The van der Waals surface area contributed by atoms with Gasteiger partial charge in [0.15, 0.2) is 0 Å². The third-order valence-electron chi connectivity index (χ3n) is 2.18. The fourth-order valence-electron chi connectivity index (χ4n) is 1.38. The Morgan fingerprint density at radius 3 is 2.57 bits per heavy atom. The Morgan fingerprint density at radius 2 is 2.07 bits per heavy atom. The molecule has 1 aromatic rings. The summed E-state index contributed by atoms with van der Waals surface area (Å²) >= 11 is 0. The lowest BCUT2D eigenvalue weighted by atomic mass is 10.1. The lowest BCUT2D eigenvalue weighted by molar-refractivity contribution is 0.169. The monoisotopic (exact) mass is 189 g/mol. The van der Waals surface area contributed by atoms with Crippen molar-refractivity contribution in [2.75, 3.05) is 0 Å². The van der Waals surface area contributed by atoms with Crippen molar-refractivity contribution >= 4 is 6.09 Å². The Hall–Kier alpha value is -1.77. The smallest absolute Gasteiger partial charge is 0.313 e. The van der Waals surface area contributed by atoms with Crippen LogP contribution in [0.25, 0.3) is 0 Å². The predicted octanol–water partition coefficient (Wildman–Crippen LogP) is 2.15. The third kappa shape index (κ3) is 1.76. The van der Waals surface area contributed by atoms with Gasteiger partial charge in [0.2, 0.25) is 0 Å². The van der Waals surface area contributed by atoms with Crippen LogP contribution in [0.5, 0.6) is 0 Å². The molecule has 1 amide bonds. The van der Waals surface area contributed by atoms with E-state index in [9.17, 15) is 4.79 Å². The van der Waals surface area contributed by atoms with E-state index in [0.717, 1.165) is 6.42 Å². The molecule has 0 saturated carbocycles. The quantitative estimate of drug-likeness (QED) is 0.537. The van der Waals surface area contributed by atoms with E-state index in [-0.39, 0.29) is 12.1 Å². The number of hydroxylamine groups is 2. The first-order chi connectivity index (χ1) is 6.81. The molecule has 0 bridgehead atoms. The van der Waals surface area contributed by atoms with Gasteiger partial charge < -0.3 is 4.84 Å². The Balaban J connectivity index is 2.02. The van der Waals surface area contributed by atoms with Crippen LogP contribution in [0.3, 0.4) is 0 Å². The van der Waals surface area contributed by atoms with Crippen LogP contribution in [0.4, 0.5) is 4.79 Å². The number of carbonyl (C=O) groups is 1. The summed E-state index contributed by atoms with van der Waals surface area (Å²) in [4.78, 5) is 15.4. The van der Waals surface area contributed by atoms with Gasteiger partial charge >= 0.3 is 6.09 Å². The lowest BCUT2D eigenvalue weighted by Gasteiger charge is -2.08. The van der Waals surface area contributed by atoms with E-state index >= 15 is 0 Å². The molecule has 0 N–H and O–H groups in total. The van der Waals surface area contributed by atoms with Gasteiger partial charge in [0.25, 0.3) is 0 Å². The number of benzene rings is 1. The van der Waals surface area contributed by atoms with Crippen molar-refractivity contribution in [3.63, 3.8) is 0 Å². The molecule has 1 unspecified atom stereocenters. The van der Waals surface area contributed by atoms with E-state index in [1.165, 1.54) is 10.6 Å². The van der Waals surface area contributed by atoms with Crippen LogP contribution in [-0.2, 0) is 11.3 Å². The minimum atomic E-state index is -0.272. The molecule has 1 fully saturated rings. The summed E-state index contributed by atoms with van der Waals surface area (Å²) in [5, 5.41) is 1.33. The van der Waals surface area contributed by atoms with Gasteiger partial charge in [-0.3, -0.25) is 0 Å². The van der Waals surface area contributed by atoms with Gasteiger partial charge in [0, 0.05) is 6.42 Å². The Kier molecular flexibility index (Phi) is 2.23. The van der Waals surface area contributed by atoms with Crippen LogP contribution in [-0.4, -0.2) is 17.2 Å². The maximum Gasteiger partial charge on any atom is 0.468 e.